The van der Waals surface area contributed by atoms with Gasteiger partial charge in [-0.2, -0.15) is 0 Å². The van der Waals surface area contributed by atoms with Crippen molar-refractivity contribution in [3.63, 3.8) is 0 Å². The molecule has 1 saturated carbocycles. The number of thiophene rings is 1. The van der Waals surface area contributed by atoms with E-state index in [4.69, 9.17) is 4.74 Å². The van der Waals surface area contributed by atoms with Crippen LogP contribution >= 0.6 is 11.3 Å². The number of piperidine rings is 1. The Labute approximate surface area is 147 Å². The molecule has 132 valence electrons. The second-order valence-electron chi connectivity index (χ2n) is 7.71. The summed E-state index contributed by atoms with van der Waals surface area (Å²) >= 11 is 1.46. The lowest BCUT2D eigenvalue weighted by molar-refractivity contribution is -0.183. The zero-order chi connectivity index (χ0) is 16.7. The average molecular weight is 349 g/mol. The van der Waals surface area contributed by atoms with Crippen molar-refractivity contribution in [2.75, 3.05) is 7.05 Å². The number of nitrogens with zero attached hydrogens (tertiary/aromatic N) is 1. The zero-order valence-electron chi connectivity index (χ0n) is 14.3. The SMILES string of the molecule is CN1[C@H]2CC[C@H](OC(=O)C(O)(c3cccs3)C3CCCC3)[C@H]1CC2. The number of carbonyl (C=O) groups is 1. The number of aliphatic hydroxyl groups is 1. The maximum Gasteiger partial charge on any atom is 0.344 e. The molecule has 3 heterocycles. The predicted molar refractivity (Wildman–Crippen MR) is 93.9 cm³/mol. The van der Waals surface area contributed by atoms with E-state index in [9.17, 15) is 9.90 Å². The quantitative estimate of drug-likeness (QED) is 0.848. The van der Waals surface area contributed by atoms with E-state index in [1.807, 2.05) is 17.5 Å². The predicted octanol–water partition coefficient (Wildman–Crippen LogP) is 3.29. The number of likely N-dealkylation sites (N-methyl/N-ethyl adjacent to an activating group) is 1. The van der Waals surface area contributed by atoms with E-state index in [0.717, 1.165) is 49.8 Å². The first kappa shape index (κ1) is 16.6. The molecule has 3 aliphatic rings. The molecule has 0 radical (unpaired) electrons. The van der Waals surface area contributed by atoms with Crippen LogP contribution in [0.3, 0.4) is 0 Å². The van der Waals surface area contributed by atoms with Gasteiger partial charge in [0.2, 0.25) is 0 Å². The van der Waals surface area contributed by atoms with Crippen LogP contribution < -0.4 is 0 Å². The van der Waals surface area contributed by atoms with Crippen LogP contribution in [0.5, 0.6) is 0 Å². The van der Waals surface area contributed by atoms with Gasteiger partial charge in [-0.05, 0) is 57.0 Å². The van der Waals surface area contributed by atoms with E-state index in [1.165, 1.54) is 17.8 Å². The standard InChI is InChI=1S/C19H27NO3S/c1-20-14-8-10-15(20)16(11-9-14)23-18(21)19(22,13-5-2-3-6-13)17-7-4-12-24-17/h4,7,12-16,22H,2-3,5-6,8-11H2,1H3/t14-,15-,16+,19?/m1/s1. The van der Waals surface area contributed by atoms with Crippen molar-refractivity contribution < 1.29 is 14.6 Å². The van der Waals surface area contributed by atoms with Crippen molar-refractivity contribution in [2.45, 2.75) is 75.2 Å². The second-order valence-corrected chi connectivity index (χ2v) is 8.66. The second kappa shape index (κ2) is 6.43. The largest absolute Gasteiger partial charge is 0.458 e. The summed E-state index contributed by atoms with van der Waals surface area (Å²) in [5.74, 6) is -0.429. The van der Waals surface area contributed by atoms with Gasteiger partial charge in [0.15, 0.2) is 5.60 Å². The van der Waals surface area contributed by atoms with E-state index in [1.54, 1.807) is 0 Å². The molecular weight excluding hydrogens is 322 g/mol. The van der Waals surface area contributed by atoms with E-state index >= 15 is 0 Å². The van der Waals surface area contributed by atoms with Crippen molar-refractivity contribution in [1.82, 2.24) is 4.90 Å². The molecule has 2 bridgehead atoms. The Hall–Kier alpha value is -0.910. The molecule has 1 aliphatic carbocycles. The number of esters is 1. The number of hydrogen-bond donors (Lipinski definition) is 1. The minimum Gasteiger partial charge on any atom is -0.458 e. The molecule has 1 aromatic heterocycles. The molecule has 3 fully saturated rings. The molecule has 0 spiro atoms. The summed E-state index contributed by atoms with van der Waals surface area (Å²) in [5, 5.41) is 13.4. The third-order valence-electron chi connectivity index (χ3n) is 6.52. The third kappa shape index (κ3) is 2.61. The van der Waals surface area contributed by atoms with Crippen LogP contribution in [-0.4, -0.2) is 41.2 Å². The first-order chi connectivity index (χ1) is 11.6. The molecule has 2 saturated heterocycles. The third-order valence-corrected chi connectivity index (χ3v) is 7.52. The van der Waals surface area contributed by atoms with Crippen LogP contribution in [0.25, 0.3) is 0 Å². The highest BCUT2D eigenvalue weighted by Gasteiger charge is 2.51. The summed E-state index contributed by atoms with van der Waals surface area (Å²) < 4.78 is 5.97. The molecule has 4 nitrogen and oxygen atoms in total. The normalized spacial score (nSPS) is 33.5. The Morgan fingerprint density at radius 3 is 2.71 bits per heavy atom. The molecule has 2 aliphatic heterocycles. The molecule has 24 heavy (non-hydrogen) atoms. The van der Waals surface area contributed by atoms with E-state index in [0.29, 0.717) is 12.1 Å². The number of rotatable bonds is 4. The van der Waals surface area contributed by atoms with Gasteiger partial charge in [0.25, 0.3) is 0 Å². The van der Waals surface area contributed by atoms with E-state index in [-0.39, 0.29) is 12.0 Å². The van der Waals surface area contributed by atoms with Crippen LogP contribution in [0.1, 0.15) is 56.2 Å². The minimum atomic E-state index is -1.46. The Morgan fingerprint density at radius 2 is 2.00 bits per heavy atom. The van der Waals surface area contributed by atoms with Crippen LogP contribution in [0, 0.1) is 5.92 Å². The van der Waals surface area contributed by atoms with Gasteiger partial charge in [-0.3, -0.25) is 4.90 Å². The lowest BCUT2D eigenvalue weighted by Crippen LogP contribution is -2.50. The first-order valence-electron chi connectivity index (χ1n) is 9.30. The Kier molecular flexibility index (Phi) is 4.43. The van der Waals surface area contributed by atoms with Gasteiger partial charge in [0.1, 0.15) is 6.10 Å². The van der Waals surface area contributed by atoms with Crippen LogP contribution in [0.15, 0.2) is 17.5 Å². The highest BCUT2D eigenvalue weighted by molar-refractivity contribution is 7.10. The fourth-order valence-corrected chi connectivity index (χ4v) is 5.95. The summed E-state index contributed by atoms with van der Waals surface area (Å²) in [7, 11) is 2.14. The lowest BCUT2D eigenvalue weighted by Gasteiger charge is -2.39. The summed E-state index contributed by atoms with van der Waals surface area (Å²) in [6.45, 7) is 0. The molecular formula is C19H27NO3S. The van der Waals surface area contributed by atoms with Gasteiger partial charge in [-0.25, -0.2) is 4.79 Å². The summed E-state index contributed by atoms with van der Waals surface area (Å²) in [6.07, 6.45) is 8.22. The average Bonchev–Trinajstić information content (AvgIpc) is 3.31. The monoisotopic (exact) mass is 349 g/mol. The Morgan fingerprint density at radius 1 is 1.25 bits per heavy atom. The first-order valence-corrected chi connectivity index (χ1v) is 10.2. The summed E-state index contributed by atoms with van der Waals surface area (Å²) in [6, 6.07) is 4.76. The zero-order valence-corrected chi connectivity index (χ0v) is 15.1. The Balaban J connectivity index is 1.56. The fourth-order valence-electron chi connectivity index (χ4n) is 5.06. The minimum absolute atomic E-state index is 0.0127. The molecule has 0 amide bonds. The van der Waals surface area contributed by atoms with Crippen LogP contribution in [0.2, 0.25) is 0 Å². The van der Waals surface area contributed by atoms with Gasteiger partial charge in [-0.15, -0.1) is 11.3 Å². The molecule has 1 N–H and O–H groups in total. The van der Waals surface area contributed by atoms with Crippen LogP contribution in [-0.2, 0) is 15.1 Å². The topological polar surface area (TPSA) is 49.8 Å². The Bertz CT molecular complexity index is 583. The van der Waals surface area contributed by atoms with Crippen molar-refractivity contribution in [1.29, 1.82) is 0 Å². The van der Waals surface area contributed by atoms with E-state index in [2.05, 4.69) is 11.9 Å². The molecule has 4 atom stereocenters. The number of fused-ring (bicyclic) bond motifs is 2. The summed E-state index contributed by atoms with van der Waals surface area (Å²) in [5.41, 5.74) is -1.46. The van der Waals surface area contributed by atoms with Gasteiger partial charge in [0.05, 0.1) is 0 Å². The summed E-state index contributed by atoms with van der Waals surface area (Å²) in [4.78, 5) is 16.2. The molecule has 4 rings (SSSR count). The number of ether oxygens (including phenoxy) is 1. The maximum atomic E-state index is 13.1. The van der Waals surface area contributed by atoms with Crippen molar-refractivity contribution in [2.24, 2.45) is 5.92 Å². The van der Waals surface area contributed by atoms with Crippen LogP contribution in [0.4, 0.5) is 0 Å². The van der Waals surface area contributed by atoms with Crippen molar-refractivity contribution >= 4 is 17.3 Å². The maximum absolute atomic E-state index is 13.1. The molecule has 0 aromatic carbocycles. The van der Waals surface area contributed by atoms with Gasteiger partial charge < -0.3 is 9.84 Å². The molecule has 1 aromatic rings. The fraction of sp³-hybridized carbons (Fsp3) is 0.737. The molecule has 1 unspecified atom stereocenters. The van der Waals surface area contributed by atoms with Gasteiger partial charge >= 0.3 is 5.97 Å². The number of carbonyl (C=O) groups excluding carboxylic acids is 1. The lowest BCUT2D eigenvalue weighted by atomic mass is 9.84. The molecule has 5 heteroatoms. The highest BCUT2D eigenvalue weighted by atomic mass is 32.1. The number of hydrogen-bond acceptors (Lipinski definition) is 5. The van der Waals surface area contributed by atoms with Gasteiger partial charge in [0, 0.05) is 22.9 Å². The highest BCUT2D eigenvalue weighted by Crippen LogP contribution is 2.44. The smallest absolute Gasteiger partial charge is 0.344 e. The van der Waals surface area contributed by atoms with Crippen molar-refractivity contribution in [3.8, 4) is 0 Å². The van der Waals surface area contributed by atoms with E-state index < -0.39 is 11.6 Å². The van der Waals surface area contributed by atoms with Gasteiger partial charge in [-0.1, -0.05) is 18.9 Å². The van der Waals surface area contributed by atoms with Crippen molar-refractivity contribution in [3.05, 3.63) is 22.4 Å².